The Labute approximate surface area is 135 Å². The van der Waals surface area contributed by atoms with Crippen LogP contribution in [0.1, 0.15) is 27.3 Å². The predicted molar refractivity (Wildman–Crippen MR) is 86.5 cm³/mol. The van der Waals surface area contributed by atoms with E-state index in [1.807, 2.05) is 6.92 Å². The Morgan fingerprint density at radius 2 is 2.00 bits per heavy atom. The number of nitrogens with zero attached hydrogens (tertiary/aromatic N) is 2. The van der Waals surface area contributed by atoms with Gasteiger partial charge < -0.3 is 5.32 Å². The van der Waals surface area contributed by atoms with Gasteiger partial charge in [0.05, 0.1) is 16.2 Å². The Balaban J connectivity index is 2.15. The van der Waals surface area contributed by atoms with E-state index in [4.69, 9.17) is 0 Å². The van der Waals surface area contributed by atoms with E-state index in [9.17, 15) is 13.2 Å². The number of hydrogen-bond acceptors (Lipinski definition) is 4. The highest BCUT2D eigenvalue weighted by molar-refractivity contribution is 7.89. The van der Waals surface area contributed by atoms with Gasteiger partial charge in [0.2, 0.25) is 10.0 Å². The largest absolute Gasteiger partial charge is 0.348 e. The van der Waals surface area contributed by atoms with Crippen molar-refractivity contribution >= 4 is 15.9 Å². The zero-order valence-electron chi connectivity index (χ0n) is 13.5. The van der Waals surface area contributed by atoms with E-state index < -0.39 is 10.0 Å². The smallest absolute Gasteiger partial charge is 0.255 e. The van der Waals surface area contributed by atoms with Gasteiger partial charge in [-0.2, -0.15) is 5.10 Å². The molecule has 1 heterocycles. The molecule has 0 saturated heterocycles. The summed E-state index contributed by atoms with van der Waals surface area (Å²) in [6.07, 6.45) is 0. The molecule has 2 rings (SSSR count). The third-order valence-corrected chi connectivity index (χ3v) is 5.08. The van der Waals surface area contributed by atoms with Gasteiger partial charge in [0.25, 0.3) is 5.91 Å². The third kappa shape index (κ3) is 3.59. The molecule has 0 saturated carbocycles. The van der Waals surface area contributed by atoms with Gasteiger partial charge in [-0.25, -0.2) is 13.1 Å². The summed E-state index contributed by atoms with van der Waals surface area (Å²) in [5.41, 5.74) is 2.70. The first-order chi connectivity index (χ1) is 10.8. The second-order valence-electron chi connectivity index (χ2n) is 5.21. The van der Waals surface area contributed by atoms with Gasteiger partial charge in [-0.1, -0.05) is 12.1 Å². The van der Waals surface area contributed by atoms with Gasteiger partial charge in [0.1, 0.15) is 0 Å². The lowest BCUT2D eigenvalue weighted by molar-refractivity contribution is 0.0949. The Morgan fingerprint density at radius 1 is 1.30 bits per heavy atom. The summed E-state index contributed by atoms with van der Waals surface area (Å²) >= 11 is 0. The van der Waals surface area contributed by atoms with E-state index in [0.717, 1.165) is 5.69 Å². The normalized spacial score (nSPS) is 11.5. The molecule has 2 aromatic rings. The Bertz CT molecular complexity index is 840. The highest BCUT2D eigenvalue weighted by atomic mass is 32.2. The van der Waals surface area contributed by atoms with E-state index in [-0.39, 0.29) is 17.3 Å². The van der Waals surface area contributed by atoms with Crippen LogP contribution in [0.5, 0.6) is 0 Å². The van der Waals surface area contributed by atoms with Crippen molar-refractivity contribution in [2.75, 3.05) is 7.05 Å². The summed E-state index contributed by atoms with van der Waals surface area (Å²) in [6.45, 7) is 3.84. The van der Waals surface area contributed by atoms with Crippen LogP contribution in [0.15, 0.2) is 29.2 Å². The maximum Gasteiger partial charge on any atom is 0.255 e. The molecule has 0 bridgehead atoms. The van der Waals surface area contributed by atoms with E-state index >= 15 is 0 Å². The Hall–Kier alpha value is -2.19. The van der Waals surface area contributed by atoms with Crippen LogP contribution in [-0.4, -0.2) is 31.2 Å². The van der Waals surface area contributed by atoms with Gasteiger partial charge in [-0.3, -0.25) is 9.48 Å². The number of amides is 1. The van der Waals surface area contributed by atoms with Gasteiger partial charge in [-0.15, -0.1) is 0 Å². The first kappa shape index (κ1) is 17.2. The summed E-state index contributed by atoms with van der Waals surface area (Å²) in [5, 5.41) is 7.01. The number of aryl methyl sites for hydroxylation is 2. The Kier molecular flexibility index (Phi) is 4.86. The quantitative estimate of drug-likeness (QED) is 0.847. The number of carbonyl (C=O) groups is 1. The minimum Gasteiger partial charge on any atom is -0.348 e. The molecule has 0 fully saturated rings. The van der Waals surface area contributed by atoms with Crippen molar-refractivity contribution < 1.29 is 13.2 Å². The number of benzene rings is 1. The standard InChI is InChI=1S/C15H20N4O3S/c1-10-14(11(2)19(4)18-10)15(20)17-9-12-6-5-7-13(8-12)23(21,22)16-3/h5-8,16H,9H2,1-4H3,(H,17,20). The van der Waals surface area contributed by atoms with Crippen molar-refractivity contribution in [2.45, 2.75) is 25.3 Å². The molecular weight excluding hydrogens is 316 g/mol. The average molecular weight is 336 g/mol. The maximum absolute atomic E-state index is 12.3. The second kappa shape index (κ2) is 6.51. The number of rotatable bonds is 5. The molecule has 2 N–H and O–H groups in total. The lowest BCUT2D eigenvalue weighted by atomic mass is 10.1. The van der Waals surface area contributed by atoms with Gasteiger partial charge in [0, 0.05) is 19.3 Å². The molecule has 0 atom stereocenters. The van der Waals surface area contributed by atoms with Gasteiger partial charge >= 0.3 is 0 Å². The van der Waals surface area contributed by atoms with Crippen molar-refractivity contribution in [2.24, 2.45) is 7.05 Å². The van der Waals surface area contributed by atoms with E-state index in [2.05, 4.69) is 15.1 Å². The molecule has 0 spiro atoms. The maximum atomic E-state index is 12.3. The number of sulfonamides is 1. The van der Waals surface area contributed by atoms with Gasteiger partial charge in [0.15, 0.2) is 0 Å². The van der Waals surface area contributed by atoms with Gasteiger partial charge in [-0.05, 0) is 38.6 Å². The first-order valence-electron chi connectivity index (χ1n) is 7.07. The van der Waals surface area contributed by atoms with Crippen molar-refractivity contribution in [3.63, 3.8) is 0 Å². The number of nitrogens with one attached hydrogen (secondary N) is 2. The highest BCUT2D eigenvalue weighted by Gasteiger charge is 2.17. The molecule has 8 heteroatoms. The predicted octanol–water partition coefficient (Wildman–Crippen LogP) is 0.875. The first-order valence-corrected chi connectivity index (χ1v) is 8.55. The zero-order chi connectivity index (χ0) is 17.2. The van der Waals surface area contributed by atoms with Crippen LogP contribution < -0.4 is 10.0 Å². The molecule has 0 aliphatic heterocycles. The molecule has 1 aromatic heterocycles. The molecule has 0 aliphatic carbocycles. The minimum atomic E-state index is -3.50. The molecule has 0 aliphatic rings. The number of hydrogen-bond donors (Lipinski definition) is 2. The SMILES string of the molecule is CNS(=O)(=O)c1cccc(CNC(=O)c2c(C)nn(C)c2C)c1. The van der Waals surface area contributed by atoms with E-state index in [0.29, 0.717) is 16.8 Å². The fourth-order valence-electron chi connectivity index (χ4n) is 2.31. The lowest BCUT2D eigenvalue weighted by Crippen LogP contribution is -2.24. The molecule has 7 nitrogen and oxygen atoms in total. The van der Waals surface area contributed by atoms with Crippen molar-refractivity contribution in [3.05, 3.63) is 46.8 Å². The number of carbonyl (C=O) groups excluding carboxylic acids is 1. The molecule has 1 aromatic carbocycles. The summed E-state index contributed by atoms with van der Waals surface area (Å²) in [5.74, 6) is -0.227. The molecule has 0 unspecified atom stereocenters. The van der Waals surface area contributed by atoms with Crippen molar-refractivity contribution in [1.29, 1.82) is 0 Å². The van der Waals surface area contributed by atoms with E-state index in [1.54, 1.807) is 30.8 Å². The monoisotopic (exact) mass is 336 g/mol. The van der Waals surface area contributed by atoms with Crippen LogP contribution in [0.3, 0.4) is 0 Å². The molecule has 124 valence electrons. The average Bonchev–Trinajstić information content (AvgIpc) is 2.78. The summed E-state index contributed by atoms with van der Waals surface area (Å²) in [7, 11) is -0.356. The molecule has 0 radical (unpaired) electrons. The van der Waals surface area contributed by atoms with E-state index in [1.165, 1.54) is 19.2 Å². The van der Waals surface area contributed by atoms with Crippen LogP contribution in [0.25, 0.3) is 0 Å². The third-order valence-electron chi connectivity index (χ3n) is 3.67. The van der Waals surface area contributed by atoms with Crippen LogP contribution in [0.4, 0.5) is 0 Å². The minimum absolute atomic E-state index is 0.167. The molecular formula is C15H20N4O3S. The zero-order valence-corrected chi connectivity index (χ0v) is 14.4. The van der Waals surface area contributed by atoms with Crippen LogP contribution in [0.2, 0.25) is 0 Å². The fourth-order valence-corrected chi connectivity index (χ4v) is 3.11. The van der Waals surface area contributed by atoms with Crippen LogP contribution >= 0.6 is 0 Å². The van der Waals surface area contributed by atoms with Crippen LogP contribution in [0, 0.1) is 13.8 Å². The summed E-state index contributed by atoms with van der Waals surface area (Å²) in [4.78, 5) is 12.5. The Morgan fingerprint density at radius 3 is 2.57 bits per heavy atom. The lowest BCUT2D eigenvalue weighted by Gasteiger charge is -2.08. The van der Waals surface area contributed by atoms with Crippen molar-refractivity contribution in [1.82, 2.24) is 19.8 Å². The molecule has 1 amide bonds. The number of aromatic nitrogens is 2. The molecule has 23 heavy (non-hydrogen) atoms. The topological polar surface area (TPSA) is 93.1 Å². The van der Waals surface area contributed by atoms with Crippen molar-refractivity contribution in [3.8, 4) is 0 Å². The summed E-state index contributed by atoms with van der Waals surface area (Å²) in [6, 6.07) is 6.45. The fraction of sp³-hybridized carbons (Fsp3) is 0.333. The summed E-state index contributed by atoms with van der Waals surface area (Å²) < 4.78 is 27.5. The highest BCUT2D eigenvalue weighted by Crippen LogP contribution is 2.13. The van der Waals surface area contributed by atoms with Crippen LogP contribution in [-0.2, 0) is 23.6 Å². The second-order valence-corrected chi connectivity index (χ2v) is 7.09.